The highest BCUT2D eigenvalue weighted by Gasteiger charge is 2.13. The first-order valence-electron chi connectivity index (χ1n) is 6.39. The molecule has 0 aliphatic carbocycles. The highest BCUT2D eigenvalue weighted by atomic mass is 35.5. The van der Waals surface area contributed by atoms with Gasteiger partial charge in [0.1, 0.15) is 0 Å². The Morgan fingerprint density at radius 2 is 2.00 bits per heavy atom. The zero-order chi connectivity index (χ0) is 14.7. The van der Waals surface area contributed by atoms with Gasteiger partial charge in [0.05, 0.1) is 11.7 Å². The molecule has 2 rings (SSSR count). The second kappa shape index (κ2) is 6.33. The Morgan fingerprint density at radius 1 is 1.25 bits per heavy atom. The molecule has 0 fully saturated rings. The first kappa shape index (κ1) is 14.9. The molecule has 0 amide bonds. The minimum Gasteiger partial charge on any atom is -0.377 e. The molecule has 0 saturated carbocycles. The van der Waals surface area contributed by atoms with Crippen LogP contribution >= 0.6 is 23.2 Å². The molecule has 1 heterocycles. The van der Waals surface area contributed by atoms with Crippen molar-refractivity contribution in [2.24, 2.45) is 7.05 Å². The lowest BCUT2D eigenvalue weighted by Crippen LogP contribution is -2.17. The normalized spacial score (nSPS) is 12.2. The molecule has 0 bridgehead atoms. The van der Waals surface area contributed by atoms with E-state index in [9.17, 15) is 4.79 Å². The van der Waals surface area contributed by atoms with Crippen LogP contribution in [0.3, 0.4) is 0 Å². The minimum atomic E-state index is -0.0341. The molecule has 0 aliphatic heterocycles. The highest BCUT2D eigenvalue weighted by molar-refractivity contribution is 6.35. The number of hydrogen-bond acceptors (Lipinski definition) is 2. The number of aromatic nitrogens is 1. The van der Waals surface area contributed by atoms with Crippen molar-refractivity contribution in [2.75, 3.05) is 5.32 Å². The second-order valence-electron chi connectivity index (χ2n) is 4.64. The molecule has 1 N–H and O–H groups in total. The first-order chi connectivity index (χ1) is 9.51. The Balaban J connectivity index is 2.28. The van der Waals surface area contributed by atoms with Gasteiger partial charge >= 0.3 is 0 Å². The molecule has 106 valence electrons. The zero-order valence-corrected chi connectivity index (χ0v) is 12.9. The van der Waals surface area contributed by atoms with Gasteiger partial charge in [-0.2, -0.15) is 0 Å². The molecule has 0 radical (unpaired) electrons. The van der Waals surface area contributed by atoms with Gasteiger partial charge in [0.2, 0.25) is 5.56 Å². The highest BCUT2D eigenvalue weighted by Crippen LogP contribution is 2.30. The van der Waals surface area contributed by atoms with E-state index < -0.39 is 0 Å². The fourth-order valence-corrected chi connectivity index (χ4v) is 2.60. The van der Waals surface area contributed by atoms with Gasteiger partial charge in [-0.15, -0.1) is 0 Å². The fourth-order valence-electron chi connectivity index (χ4n) is 2.06. The average molecular weight is 311 g/mol. The van der Waals surface area contributed by atoms with Crippen LogP contribution in [0, 0.1) is 0 Å². The van der Waals surface area contributed by atoms with Crippen molar-refractivity contribution in [3.63, 3.8) is 0 Å². The maximum absolute atomic E-state index is 11.4. The summed E-state index contributed by atoms with van der Waals surface area (Å²) in [6.07, 6.45) is 2.64. The summed E-state index contributed by atoms with van der Waals surface area (Å²) in [6.45, 7) is 2.07. The summed E-state index contributed by atoms with van der Waals surface area (Å²) in [6, 6.07) is 8.87. The second-order valence-corrected chi connectivity index (χ2v) is 5.48. The Morgan fingerprint density at radius 3 is 2.60 bits per heavy atom. The van der Waals surface area contributed by atoms with Crippen molar-refractivity contribution in [1.82, 2.24) is 4.57 Å². The van der Waals surface area contributed by atoms with Crippen LogP contribution in [0.4, 0.5) is 5.69 Å². The number of benzene rings is 1. The predicted molar refractivity (Wildman–Crippen MR) is 84.8 cm³/mol. The topological polar surface area (TPSA) is 34.0 Å². The first-order valence-corrected chi connectivity index (χ1v) is 7.15. The van der Waals surface area contributed by atoms with E-state index >= 15 is 0 Å². The van der Waals surface area contributed by atoms with Gasteiger partial charge in [-0.05, 0) is 30.2 Å². The Kier molecular flexibility index (Phi) is 4.73. The monoisotopic (exact) mass is 310 g/mol. The van der Waals surface area contributed by atoms with Crippen LogP contribution in [-0.4, -0.2) is 4.57 Å². The van der Waals surface area contributed by atoms with Gasteiger partial charge in [-0.25, -0.2) is 0 Å². The molecular formula is C15H16Cl2N2O. The SMILES string of the molecule is CCC(Nc1ccc(=O)n(C)c1)c1ccc(Cl)cc1Cl. The van der Waals surface area contributed by atoms with E-state index in [4.69, 9.17) is 23.2 Å². The van der Waals surface area contributed by atoms with E-state index in [2.05, 4.69) is 12.2 Å². The van der Waals surface area contributed by atoms with Gasteiger partial charge in [-0.3, -0.25) is 4.79 Å². The molecule has 0 saturated heterocycles. The Labute approximate surface area is 128 Å². The fraction of sp³-hybridized carbons (Fsp3) is 0.267. The predicted octanol–water partition coefficient (Wildman–Crippen LogP) is 4.26. The molecule has 5 heteroatoms. The number of aryl methyl sites for hydroxylation is 1. The number of halogens is 2. The molecule has 20 heavy (non-hydrogen) atoms. The maximum Gasteiger partial charge on any atom is 0.250 e. The number of nitrogens with one attached hydrogen (secondary N) is 1. The third kappa shape index (κ3) is 3.35. The largest absolute Gasteiger partial charge is 0.377 e. The number of pyridine rings is 1. The number of rotatable bonds is 4. The summed E-state index contributed by atoms with van der Waals surface area (Å²) in [4.78, 5) is 11.4. The molecule has 1 aromatic carbocycles. The smallest absolute Gasteiger partial charge is 0.250 e. The van der Waals surface area contributed by atoms with E-state index in [0.29, 0.717) is 10.0 Å². The third-order valence-electron chi connectivity index (χ3n) is 3.17. The summed E-state index contributed by atoms with van der Waals surface area (Å²) < 4.78 is 1.54. The van der Waals surface area contributed by atoms with Crippen LogP contribution in [-0.2, 0) is 7.05 Å². The Hall–Kier alpha value is -1.45. The summed E-state index contributed by atoms with van der Waals surface area (Å²) >= 11 is 12.2. The standard InChI is InChI=1S/C15H16Cl2N2O/c1-3-14(12-6-4-10(16)8-13(12)17)18-11-5-7-15(20)19(2)9-11/h4-9,14,18H,3H2,1-2H3. The molecule has 0 spiro atoms. The lowest BCUT2D eigenvalue weighted by Gasteiger charge is -2.20. The Bertz CT molecular complexity index is 667. The zero-order valence-electron chi connectivity index (χ0n) is 11.4. The molecule has 3 nitrogen and oxygen atoms in total. The van der Waals surface area contributed by atoms with Crippen LogP contribution in [0.15, 0.2) is 41.3 Å². The van der Waals surface area contributed by atoms with Crippen LogP contribution in [0.1, 0.15) is 24.9 Å². The van der Waals surface area contributed by atoms with Gasteiger partial charge in [0, 0.05) is 29.4 Å². The van der Waals surface area contributed by atoms with Crippen LogP contribution in [0.2, 0.25) is 10.0 Å². The van der Waals surface area contributed by atoms with E-state index in [1.807, 2.05) is 12.1 Å². The molecule has 2 aromatic rings. The average Bonchev–Trinajstić information content (AvgIpc) is 2.41. The summed E-state index contributed by atoms with van der Waals surface area (Å²) in [5, 5.41) is 4.65. The van der Waals surface area contributed by atoms with E-state index in [1.54, 1.807) is 36.0 Å². The number of nitrogens with zero attached hydrogens (tertiary/aromatic N) is 1. The van der Waals surface area contributed by atoms with Crippen molar-refractivity contribution in [2.45, 2.75) is 19.4 Å². The molecule has 1 aromatic heterocycles. The van der Waals surface area contributed by atoms with Gasteiger partial charge in [-0.1, -0.05) is 36.2 Å². The van der Waals surface area contributed by atoms with Crippen molar-refractivity contribution in [3.05, 3.63) is 62.5 Å². The van der Waals surface area contributed by atoms with Gasteiger partial charge < -0.3 is 9.88 Å². The van der Waals surface area contributed by atoms with Crippen LogP contribution in [0.25, 0.3) is 0 Å². The van der Waals surface area contributed by atoms with E-state index in [-0.39, 0.29) is 11.6 Å². The minimum absolute atomic E-state index is 0.0341. The van der Waals surface area contributed by atoms with E-state index in [1.165, 1.54) is 0 Å². The lowest BCUT2D eigenvalue weighted by molar-refractivity contribution is 0.744. The van der Waals surface area contributed by atoms with Crippen molar-refractivity contribution in [3.8, 4) is 0 Å². The third-order valence-corrected chi connectivity index (χ3v) is 3.74. The quantitative estimate of drug-likeness (QED) is 0.915. The van der Waals surface area contributed by atoms with Crippen molar-refractivity contribution < 1.29 is 0 Å². The molecule has 1 unspecified atom stereocenters. The van der Waals surface area contributed by atoms with Gasteiger partial charge in [0.15, 0.2) is 0 Å². The number of anilines is 1. The molecule has 1 atom stereocenters. The van der Waals surface area contributed by atoms with Crippen molar-refractivity contribution in [1.29, 1.82) is 0 Å². The van der Waals surface area contributed by atoms with E-state index in [0.717, 1.165) is 17.7 Å². The number of hydrogen-bond donors (Lipinski definition) is 1. The summed E-state index contributed by atoms with van der Waals surface area (Å²) in [7, 11) is 1.73. The molecule has 0 aliphatic rings. The lowest BCUT2D eigenvalue weighted by atomic mass is 10.0. The van der Waals surface area contributed by atoms with Gasteiger partial charge in [0.25, 0.3) is 0 Å². The van der Waals surface area contributed by atoms with Crippen LogP contribution < -0.4 is 10.9 Å². The summed E-state index contributed by atoms with van der Waals surface area (Å²) in [5.41, 5.74) is 1.84. The molecular weight excluding hydrogens is 295 g/mol. The maximum atomic E-state index is 11.4. The summed E-state index contributed by atoms with van der Waals surface area (Å²) in [5.74, 6) is 0. The van der Waals surface area contributed by atoms with Crippen LogP contribution in [0.5, 0.6) is 0 Å². The van der Waals surface area contributed by atoms with Crippen molar-refractivity contribution >= 4 is 28.9 Å².